The van der Waals surface area contributed by atoms with Gasteiger partial charge in [-0.3, -0.25) is 14.9 Å². The second kappa shape index (κ2) is 19.5. The molecular formula is C31H52N2O10. The van der Waals surface area contributed by atoms with Crippen LogP contribution in [0.15, 0.2) is 18.2 Å². The molecule has 2 atom stereocenters. The number of nitrogens with zero attached hydrogens (tertiary/aromatic N) is 1. The molecule has 1 aromatic carbocycles. The number of amides is 1. The molecule has 0 aliphatic rings. The molecule has 1 aromatic rings. The van der Waals surface area contributed by atoms with Crippen molar-refractivity contribution >= 4 is 17.7 Å². The number of hydrogen-bond donors (Lipinski definition) is 1. The van der Waals surface area contributed by atoms with Crippen LogP contribution >= 0.6 is 0 Å². The average Bonchev–Trinajstić information content (AvgIpc) is 2.89. The number of benzene rings is 1. The van der Waals surface area contributed by atoms with Gasteiger partial charge in [0.15, 0.2) is 0 Å². The van der Waals surface area contributed by atoms with E-state index in [2.05, 4.69) is 5.32 Å². The molecule has 0 spiro atoms. The standard InChI is InChI=1S/C31H52N2O10/c1-23(42-28(34)12-9-10-16-38-18-20-40-30(3,4)5)25-13-14-26(27(22-25)33(36)37)24(2)43-29(35)32-15-11-17-39-19-21-41-31(6,7)8/h13-14,22-24H,9-12,15-21H2,1-8H3,(H,32,35). The van der Waals surface area contributed by atoms with Gasteiger partial charge >= 0.3 is 12.1 Å². The van der Waals surface area contributed by atoms with Gasteiger partial charge in [0.1, 0.15) is 12.2 Å². The van der Waals surface area contributed by atoms with Gasteiger partial charge < -0.3 is 33.7 Å². The van der Waals surface area contributed by atoms with Gasteiger partial charge in [0.25, 0.3) is 5.69 Å². The van der Waals surface area contributed by atoms with Gasteiger partial charge in [0, 0.05) is 32.2 Å². The number of carbonyl (C=O) groups excluding carboxylic acids is 2. The Hall–Kier alpha value is -2.80. The van der Waals surface area contributed by atoms with Crippen LogP contribution < -0.4 is 5.32 Å². The monoisotopic (exact) mass is 612 g/mol. The Morgan fingerprint density at radius 3 is 1.95 bits per heavy atom. The average molecular weight is 613 g/mol. The van der Waals surface area contributed by atoms with Crippen LogP contribution in [-0.4, -0.2) is 74.4 Å². The first-order valence-electron chi connectivity index (χ1n) is 14.9. The van der Waals surface area contributed by atoms with Crippen LogP contribution in [0.1, 0.15) is 104 Å². The molecule has 43 heavy (non-hydrogen) atoms. The molecule has 0 bridgehead atoms. The van der Waals surface area contributed by atoms with Gasteiger partial charge in [-0.25, -0.2) is 4.79 Å². The van der Waals surface area contributed by atoms with E-state index in [-0.39, 0.29) is 28.9 Å². The number of ether oxygens (including phenoxy) is 6. The van der Waals surface area contributed by atoms with Crippen LogP contribution in [-0.2, 0) is 33.2 Å². The van der Waals surface area contributed by atoms with Gasteiger partial charge in [-0.05, 0) is 86.3 Å². The number of nitro groups is 1. The molecule has 0 heterocycles. The SMILES string of the molecule is CC(OC(=O)CCCCOCCOC(C)(C)C)c1ccc(C(C)OC(=O)NCCCOCCOC(C)(C)C)c([N+](=O)[O-])c1. The highest BCUT2D eigenvalue weighted by Gasteiger charge is 2.24. The van der Waals surface area contributed by atoms with Crippen LogP contribution in [0.3, 0.4) is 0 Å². The molecule has 0 aromatic heterocycles. The lowest BCUT2D eigenvalue weighted by Gasteiger charge is -2.19. The number of alkyl carbamates (subject to hydrolysis) is 1. The Labute approximate surface area is 256 Å². The smallest absolute Gasteiger partial charge is 0.407 e. The fraction of sp³-hybridized carbons (Fsp3) is 0.742. The fourth-order valence-corrected chi connectivity index (χ4v) is 3.76. The Morgan fingerprint density at radius 2 is 1.40 bits per heavy atom. The van der Waals surface area contributed by atoms with E-state index in [9.17, 15) is 19.7 Å². The van der Waals surface area contributed by atoms with Crippen molar-refractivity contribution in [3.63, 3.8) is 0 Å². The number of carbonyl (C=O) groups is 2. The van der Waals surface area contributed by atoms with Gasteiger partial charge in [-0.1, -0.05) is 6.07 Å². The van der Waals surface area contributed by atoms with Crippen molar-refractivity contribution in [2.24, 2.45) is 0 Å². The number of unbranched alkanes of at least 4 members (excludes halogenated alkanes) is 1. The minimum absolute atomic E-state index is 0.203. The van der Waals surface area contributed by atoms with Crippen molar-refractivity contribution in [3.8, 4) is 0 Å². The van der Waals surface area contributed by atoms with E-state index < -0.39 is 29.2 Å². The van der Waals surface area contributed by atoms with E-state index in [4.69, 9.17) is 28.4 Å². The summed E-state index contributed by atoms with van der Waals surface area (Å²) in [5, 5.41) is 14.4. The molecule has 0 saturated heterocycles. The number of nitrogens with one attached hydrogen (secondary N) is 1. The summed E-state index contributed by atoms with van der Waals surface area (Å²) < 4.78 is 33.0. The Kier molecular flexibility index (Phi) is 17.3. The predicted octanol–water partition coefficient (Wildman–Crippen LogP) is 6.21. The van der Waals surface area contributed by atoms with Gasteiger partial charge in [0.2, 0.25) is 0 Å². The molecule has 2 unspecified atom stereocenters. The molecule has 0 aliphatic heterocycles. The molecule has 0 aliphatic carbocycles. The predicted molar refractivity (Wildman–Crippen MR) is 162 cm³/mol. The van der Waals surface area contributed by atoms with Gasteiger partial charge in [0.05, 0.1) is 48.1 Å². The van der Waals surface area contributed by atoms with Crippen molar-refractivity contribution in [2.45, 2.75) is 104 Å². The van der Waals surface area contributed by atoms with Crippen molar-refractivity contribution in [2.75, 3.05) is 46.2 Å². The fourth-order valence-electron chi connectivity index (χ4n) is 3.76. The molecule has 12 heteroatoms. The van der Waals surface area contributed by atoms with E-state index in [1.165, 1.54) is 12.1 Å². The minimum atomic E-state index is -0.875. The second-order valence-electron chi connectivity index (χ2n) is 12.1. The van der Waals surface area contributed by atoms with E-state index in [1.54, 1.807) is 19.9 Å². The zero-order valence-electron chi connectivity index (χ0n) is 27.2. The van der Waals surface area contributed by atoms with Gasteiger partial charge in [-0.2, -0.15) is 0 Å². The Bertz CT molecular complexity index is 988. The van der Waals surface area contributed by atoms with E-state index in [1.807, 2.05) is 41.5 Å². The lowest BCUT2D eigenvalue weighted by atomic mass is 10.0. The molecular weight excluding hydrogens is 560 g/mol. The molecule has 0 radical (unpaired) electrons. The molecule has 12 nitrogen and oxygen atoms in total. The van der Waals surface area contributed by atoms with Crippen molar-refractivity contribution in [1.82, 2.24) is 5.32 Å². The maximum Gasteiger partial charge on any atom is 0.407 e. The molecule has 246 valence electrons. The number of esters is 1. The molecule has 1 amide bonds. The third kappa shape index (κ3) is 18.5. The highest BCUT2D eigenvalue weighted by atomic mass is 16.6. The molecule has 1 N–H and O–H groups in total. The number of nitro benzene ring substituents is 1. The topological polar surface area (TPSA) is 145 Å². The lowest BCUT2D eigenvalue weighted by molar-refractivity contribution is -0.386. The Morgan fingerprint density at radius 1 is 0.814 bits per heavy atom. The summed E-state index contributed by atoms with van der Waals surface area (Å²) in [6.07, 6.45) is -0.164. The normalized spacial score (nSPS) is 13.3. The zero-order chi connectivity index (χ0) is 32.5. The van der Waals surface area contributed by atoms with Crippen molar-refractivity contribution < 1.29 is 42.9 Å². The van der Waals surface area contributed by atoms with Gasteiger partial charge in [-0.15, -0.1) is 0 Å². The van der Waals surface area contributed by atoms with Crippen molar-refractivity contribution in [3.05, 3.63) is 39.4 Å². The third-order valence-electron chi connectivity index (χ3n) is 5.93. The lowest BCUT2D eigenvalue weighted by Crippen LogP contribution is -2.27. The summed E-state index contributed by atoms with van der Waals surface area (Å²) in [4.78, 5) is 35.8. The van der Waals surface area contributed by atoms with E-state index in [0.717, 1.165) is 0 Å². The summed E-state index contributed by atoms with van der Waals surface area (Å²) >= 11 is 0. The maximum absolute atomic E-state index is 12.3. The largest absolute Gasteiger partial charge is 0.458 e. The third-order valence-corrected chi connectivity index (χ3v) is 5.93. The number of hydrogen-bond acceptors (Lipinski definition) is 10. The zero-order valence-corrected chi connectivity index (χ0v) is 27.2. The first-order valence-corrected chi connectivity index (χ1v) is 14.9. The first kappa shape index (κ1) is 38.2. The second-order valence-corrected chi connectivity index (χ2v) is 12.1. The van der Waals surface area contributed by atoms with Crippen LogP contribution in [0.25, 0.3) is 0 Å². The van der Waals surface area contributed by atoms with Crippen molar-refractivity contribution in [1.29, 1.82) is 0 Å². The summed E-state index contributed by atoms with van der Waals surface area (Å²) in [6.45, 7) is 18.3. The summed E-state index contributed by atoms with van der Waals surface area (Å²) in [5.41, 5.74) is 0.0586. The highest BCUT2D eigenvalue weighted by Crippen LogP contribution is 2.31. The molecule has 1 rings (SSSR count). The minimum Gasteiger partial charge on any atom is -0.458 e. The molecule has 0 saturated carbocycles. The van der Waals surface area contributed by atoms with E-state index >= 15 is 0 Å². The van der Waals surface area contributed by atoms with Crippen LogP contribution in [0.2, 0.25) is 0 Å². The summed E-state index contributed by atoms with van der Waals surface area (Å²) in [7, 11) is 0. The summed E-state index contributed by atoms with van der Waals surface area (Å²) in [6, 6.07) is 4.50. The maximum atomic E-state index is 12.3. The highest BCUT2D eigenvalue weighted by molar-refractivity contribution is 5.69. The van der Waals surface area contributed by atoms with Crippen LogP contribution in [0.4, 0.5) is 10.5 Å². The first-order chi connectivity index (χ1) is 20.1. The Balaban J connectivity index is 2.44. The van der Waals surface area contributed by atoms with E-state index in [0.29, 0.717) is 71.0 Å². The summed E-state index contributed by atoms with van der Waals surface area (Å²) in [5.74, 6) is -0.396. The quantitative estimate of drug-likeness (QED) is 0.0781. The van der Waals surface area contributed by atoms with Crippen LogP contribution in [0.5, 0.6) is 0 Å². The molecule has 0 fully saturated rings. The van der Waals surface area contributed by atoms with Crippen LogP contribution in [0, 0.1) is 10.1 Å². The number of rotatable bonds is 20.